The van der Waals surface area contributed by atoms with E-state index < -0.39 is 41.8 Å². The minimum Gasteiger partial charge on any atom is -0.444 e. The molecule has 32 heavy (non-hydrogen) atoms. The van der Waals surface area contributed by atoms with Crippen LogP contribution in [-0.2, 0) is 14.3 Å². The number of hydrogen-bond acceptors (Lipinski definition) is 5. The van der Waals surface area contributed by atoms with Crippen LogP contribution in [-0.4, -0.2) is 57.7 Å². The molecule has 1 aromatic rings. The molecule has 2 rings (SSSR count). The summed E-state index contributed by atoms with van der Waals surface area (Å²) < 4.78 is 5.24. The van der Waals surface area contributed by atoms with E-state index in [1.807, 2.05) is 45.9 Å². The Kier molecular flexibility index (Phi) is 7.93. The van der Waals surface area contributed by atoms with Crippen molar-refractivity contribution in [2.45, 2.75) is 84.2 Å². The highest BCUT2D eigenvalue weighted by atomic mass is 16.6. The Bertz CT molecular complexity index is 813. The molecule has 1 fully saturated rings. The third-order valence-corrected chi connectivity index (χ3v) is 4.99. The summed E-state index contributed by atoms with van der Waals surface area (Å²) in [6.07, 6.45) is -0.0632. The summed E-state index contributed by atoms with van der Waals surface area (Å²) in [6, 6.07) is 6.77. The molecule has 0 aromatic heterocycles. The number of benzene rings is 1. The molecule has 4 atom stereocenters. The van der Waals surface area contributed by atoms with Gasteiger partial charge < -0.3 is 25.4 Å². The van der Waals surface area contributed by atoms with Gasteiger partial charge in [-0.05, 0) is 59.4 Å². The topological polar surface area (TPSA) is 108 Å². The summed E-state index contributed by atoms with van der Waals surface area (Å²) >= 11 is 0. The maximum absolute atomic E-state index is 13.6. The molecular formula is C24H37N3O5. The van der Waals surface area contributed by atoms with E-state index in [1.54, 1.807) is 32.9 Å². The Hall–Kier alpha value is -2.61. The van der Waals surface area contributed by atoms with E-state index in [2.05, 4.69) is 10.6 Å². The average molecular weight is 448 g/mol. The number of aliphatic hydroxyl groups excluding tert-OH is 1. The van der Waals surface area contributed by atoms with Crippen molar-refractivity contribution in [3.8, 4) is 0 Å². The molecule has 0 heterocycles. The lowest BCUT2D eigenvalue weighted by molar-refractivity contribution is -0.144. The smallest absolute Gasteiger partial charge is 0.408 e. The summed E-state index contributed by atoms with van der Waals surface area (Å²) in [5.41, 5.74) is -0.591. The monoisotopic (exact) mass is 447 g/mol. The number of hydrogen-bond donors (Lipinski definition) is 3. The largest absolute Gasteiger partial charge is 0.444 e. The lowest BCUT2D eigenvalue weighted by atomic mass is 10.0. The number of nitrogens with one attached hydrogen (secondary N) is 2. The van der Waals surface area contributed by atoms with Crippen molar-refractivity contribution in [1.82, 2.24) is 15.5 Å². The molecule has 3 N–H and O–H groups in total. The van der Waals surface area contributed by atoms with E-state index in [0.29, 0.717) is 5.56 Å². The lowest BCUT2D eigenvalue weighted by Crippen LogP contribution is -2.56. The van der Waals surface area contributed by atoms with Crippen molar-refractivity contribution in [2.75, 3.05) is 6.61 Å². The number of aliphatic hydroxyl groups is 1. The minimum atomic E-state index is -1.23. The predicted molar refractivity (Wildman–Crippen MR) is 122 cm³/mol. The SMILES string of the molecule is CC1CC1N(C(=O)C(CO)NC(=O)OC(C)(C)C)C(C(=O)NC(C)(C)C)c1ccccc1. The van der Waals surface area contributed by atoms with Gasteiger partial charge >= 0.3 is 6.09 Å². The number of alkyl carbamates (subject to hydrolysis) is 1. The van der Waals surface area contributed by atoms with Crippen LogP contribution in [0, 0.1) is 5.92 Å². The van der Waals surface area contributed by atoms with Crippen molar-refractivity contribution in [3.05, 3.63) is 35.9 Å². The van der Waals surface area contributed by atoms with Crippen LogP contribution in [0.5, 0.6) is 0 Å². The highest BCUT2D eigenvalue weighted by Crippen LogP contribution is 2.40. The van der Waals surface area contributed by atoms with Crippen LogP contribution in [0.1, 0.15) is 66.5 Å². The molecule has 0 bridgehead atoms. The van der Waals surface area contributed by atoms with Gasteiger partial charge in [0.2, 0.25) is 11.8 Å². The van der Waals surface area contributed by atoms with Gasteiger partial charge in [-0.25, -0.2) is 4.79 Å². The van der Waals surface area contributed by atoms with E-state index in [0.717, 1.165) is 6.42 Å². The quantitative estimate of drug-likeness (QED) is 0.596. The number of amides is 3. The first-order valence-electron chi connectivity index (χ1n) is 11.0. The highest BCUT2D eigenvalue weighted by molar-refractivity contribution is 5.93. The van der Waals surface area contributed by atoms with Crippen LogP contribution in [0.15, 0.2) is 30.3 Å². The van der Waals surface area contributed by atoms with Crippen molar-refractivity contribution in [3.63, 3.8) is 0 Å². The van der Waals surface area contributed by atoms with Gasteiger partial charge in [0, 0.05) is 11.6 Å². The Morgan fingerprint density at radius 1 is 1.12 bits per heavy atom. The molecule has 1 aromatic carbocycles. The second kappa shape index (κ2) is 9.90. The first-order chi connectivity index (χ1) is 14.7. The average Bonchev–Trinajstić information content (AvgIpc) is 3.37. The van der Waals surface area contributed by atoms with Gasteiger partial charge in [0.25, 0.3) is 0 Å². The molecule has 1 aliphatic rings. The van der Waals surface area contributed by atoms with Gasteiger partial charge in [-0.15, -0.1) is 0 Å². The third kappa shape index (κ3) is 7.22. The zero-order valence-corrected chi connectivity index (χ0v) is 20.1. The molecule has 178 valence electrons. The normalized spacial score (nSPS) is 20.0. The molecule has 3 amide bonds. The number of ether oxygens (including phenoxy) is 1. The van der Waals surface area contributed by atoms with Crippen LogP contribution in [0.25, 0.3) is 0 Å². The van der Waals surface area contributed by atoms with Crippen molar-refractivity contribution < 1.29 is 24.2 Å². The van der Waals surface area contributed by atoms with Crippen molar-refractivity contribution >= 4 is 17.9 Å². The standard InChI is InChI=1S/C24H37N3O5/c1-15-13-18(15)27(21(30)17(14-28)25-22(31)32-24(5,6)7)19(16-11-9-8-10-12-16)20(29)26-23(2,3)4/h8-12,15,17-19,28H,13-14H2,1-7H3,(H,25,31)(H,26,29). The van der Waals surface area contributed by atoms with Gasteiger partial charge in [0.15, 0.2) is 0 Å². The third-order valence-electron chi connectivity index (χ3n) is 4.99. The van der Waals surface area contributed by atoms with Gasteiger partial charge in [-0.2, -0.15) is 0 Å². The van der Waals surface area contributed by atoms with Gasteiger partial charge in [-0.3, -0.25) is 9.59 Å². The Labute approximate surface area is 190 Å². The lowest BCUT2D eigenvalue weighted by Gasteiger charge is -2.36. The molecule has 0 saturated heterocycles. The summed E-state index contributed by atoms with van der Waals surface area (Å²) in [5.74, 6) is -0.635. The molecular weight excluding hydrogens is 410 g/mol. The maximum Gasteiger partial charge on any atom is 0.408 e. The molecule has 8 heteroatoms. The Morgan fingerprint density at radius 3 is 2.12 bits per heavy atom. The van der Waals surface area contributed by atoms with Crippen LogP contribution in [0.4, 0.5) is 4.79 Å². The Morgan fingerprint density at radius 2 is 1.69 bits per heavy atom. The van der Waals surface area contributed by atoms with E-state index >= 15 is 0 Å². The Balaban J connectivity index is 2.40. The van der Waals surface area contributed by atoms with Crippen molar-refractivity contribution in [1.29, 1.82) is 0 Å². The van der Waals surface area contributed by atoms with E-state index in [9.17, 15) is 19.5 Å². The van der Waals surface area contributed by atoms with Gasteiger partial charge in [-0.1, -0.05) is 37.3 Å². The second-order valence-corrected chi connectivity index (χ2v) is 10.5. The molecule has 4 unspecified atom stereocenters. The maximum atomic E-state index is 13.6. The number of carbonyl (C=O) groups excluding carboxylic acids is 3. The zero-order valence-electron chi connectivity index (χ0n) is 20.1. The number of nitrogens with zero attached hydrogens (tertiary/aromatic N) is 1. The van der Waals surface area contributed by atoms with Crippen molar-refractivity contribution in [2.24, 2.45) is 5.92 Å². The summed E-state index contributed by atoms with van der Waals surface area (Å²) in [4.78, 5) is 40.8. The second-order valence-electron chi connectivity index (χ2n) is 10.5. The van der Waals surface area contributed by atoms with Crippen LogP contribution in [0.2, 0.25) is 0 Å². The molecule has 1 saturated carbocycles. The predicted octanol–water partition coefficient (Wildman–Crippen LogP) is 2.77. The number of carbonyl (C=O) groups is 3. The van der Waals surface area contributed by atoms with E-state index in [-0.39, 0.29) is 17.9 Å². The first-order valence-corrected chi connectivity index (χ1v) is 11.0. The molecule has 0 radical (unpaired) electrons. The summed E-state index contributed by atoms with van der Waals surface area (Å²) in [7, 11) is 0. The molecule has 1 aliphatic carbocycles. The van der Waals surface area contributed by atoms with Gasteiger partial charge in [0.05, 0.1) is 6.61 Å². The highest BCUT2D eigenvalue weighted by Gasteiger charge is 2.48. The van der Waals surface area contributed by atoms with E-state index in [4.69, 9.17) is 4.74 Å². The van der Waals surface area contributed by atoms with Crippen LogP contribution >= 0.6 is 0 Å². The summed E-state index contributed by atoms with van der Waals surface area (Å²) in [5, 5.41) is 15.4. The van der Waals surface area contributed by atoms with Crippen LogP contribution in [0.3, 0.4) is 0 Å². The summed E-state index contributed by atoms with van der Waals surface area (Å²) in [6.45, 7) is 12.1. The minimum absolute atomic E-state index is 0.173. The van der Waals surface area contributed by atoms with Crippen LogP contribution < -0.4 is 10.6 Å². The van der Waals surface area contributed by atoms with E-state index in [1.165, 1.54) is 4.90 Å². The molecule has 0 spiro atoms. The number of rotatable bonds is 7. The molecule has 0 aliphatic heterocycles. The first kappa shape index (κ1) is 25.6. The fourth-order valence-electron chi connectivity index (χ4n) is 3.50. The molecule has 8 nitrogen and oxygen atoms in total. The van der Waals surface area contributed by atoms with Gasteiger partial charge in [0.1, 0.15) is 17.7 Å². The zero-order chi connectivity index (χ0) is 24.3. The fourth-order valence-corrected chi connectivity index (χ4v) is 3.50. The fraction of sp³-hybridized carbons (Fsp3) is 0.625.